The molecule has 1 aliphatic rings. The van der Waals surface area contributed by atoms with E-state index in [-0.39, 0.29) is 12.5 Å². The fourth-order valence-electron chi connectivity index (χ4n) is 5.37. The van der Waals surface area contributed by atoms with Crippen LogP contribution in [-0.2, 0) is 9.53 Å². The van der Waals surface area contributed by atoms with E-state index in [0.717, 1.165) is 52.0 Å². The molecule has 0 atom stereocenters. The number of carbonyl (C=O) groups is 1. The first-order valence-corrected chi connectivity index (χ1v) is 11.8. The number of H-pyrrole nitrogens is 1. The van der Waals surface area contributed by atoms with Crippen LogP contribution in [0.1, 0.15) is 37.3 Å². The molecule has 1 aliphatic carbocycles. The molecule has 0 spiro atoms. The van der Waals surface area contributed by atoms with E-state index < -0.39 is 11.4 Å². The SMILES string of the molecule is COCC1(C(=O)O)CCC(c2nc3c(-c4cnn(-c5ccccc5)c4)cnn3c3[nH]ccc23)CC1. The number of rotatable bonds is 6. The molecular formula is C26H26N6O3. The third kappa shape index (κ3) is 3.50. The Labute approximate surface area is 201 Å². The Morgan fingerprint density at radius 1 is 1.17 bits per heavy atom. The molecule has 5 aromatic rings. The van der Waals surface area contributed by atoms with Crippen molar-refractivity contribution in [2.24, 2.45) is 5.41 Å². The maximum absolute atomic E-state index is 12.0. The molecule has 0 unspecified atom stereocenters. The Kier molecular flexibility index (Phi) is 5.14. The van der Waals surface area contributed by atoms with Crippen molar-refractivity contribution >= 4 is 22.6 Å². The van der Waals surface area contributed by atoms with E-state index in [0.29, 0.717) is 12.8 Å². The van der Waals surface area contributed by atoms with Gasteiger partial charge in [-0.1, -0.05) is 18.2 Å². The lowest BCUT2D eigenvalue weighted by atomic mass is 9.70. The van der Waals surface area contributed by atoms with Gasteiger partial charge in [0.25, 0.3) is 0 Å². The number of nitrogens with one attached hydrogen (secondary N) is 1. The molecule has 0 bridgehead atoms. The molecule has 9 heteroatoms. The Hall–Kier alpha value is -3.98. The predicted molar refractivity (Wildman–Crippen MR) is 131 cm³/mol. The molecule has 9 nitrogen and oxygen atoms in total. The maximum atomic E-state index is 12.0. The number of nitrogens with zero attached hydrogens (tertiary/aromatic N) is 5. The third-order valence-corrected chi connectivity index (χ3v) is 7.30. The van der Waals surface area contributed by atoms with E-state index in [9.17, 15) is 9.90 Å². The van der Waals surface area contributed by atoms with Crippen molar-refractivity contribution in [3.63, 3.8) is 0 Å². The van der Waals surface area contributed by atoms with E-state index in [1.54, 1.807) is 7.11 Å². The average Bonchev–Trinajstić information content (AvgIpc) is 3.63. The first kappa shape index (κ1) is 21.5. The minimum atomic E-state index is -0.819. The first-order chi connectivity index (χ1) is 17.1. The third-order valence-electron chi connectivity index (χ3n) is 7.30. The van der Waals surface area contributed by atoms with Gasteiger partial charge in [0.05, 0.1) is 35.8 Å². The zero-order valence-electron chi connectivity index (χ0n) is 19.4. The van der Waals surface area contributed by atoms with E-state index in [2.05, 4.69) is 15.2 Å². The van der Waals surface area contributed by atoms with Gasteiger partial charge in [0, 0.05) is 41.9 Å². The normalized spacial score (nSPS) is 20.5. The zero-order chi connectivity index (χ0) is 24.0. The number of aliphatic carboxylic acids is 1. The van der Waals surface area contributed by atoms with Crippen LogP contribution in [0.5, 0.6) is 0 Å². The van der Waals surface area contributed by atoms with Gasteiger partial charge in [-0.25, -0.2) is 9.67 Å². The van der Waals surface area contributed by atoms with E-state index in [1.165, 1.54) is 0 Å². The smallest absolute Gasteiger partial charge is 0.311 e. The maximum Gasteiger partial charge on any atom is 0.311 e. The average molecular weight is 471 g/mol. The quantitative estimate of drug-likeness (QED) is 0.380. The summed E-state index contributed by atoms with van der Waals surface area (Å²) in [6, 6.07) is 12.0. The van der Waals surface area contributed by atoms with Gasteiger partial charge in [0.15, 0.2) is 5.65 Å². The van der Waals surface area contributed by atoms with Crippen molar-refractivity contribution in [1.82, 2.24) is 29.4 Å². The zero-order valence-corrected chi connectivity index (χ0v) is 19.4. The Morgan fingerprint density at radius 2 is 1.97 bits per heavy atom. The van der Waals surface area contributed by atoms with Crippen LogP contribution in [0.15, 0.2) is 61.2 Å². The predicted octanol–water partition coefficient (Wildman–Crippen LogP) is 4.44. The minimum absolute atomic E-state index is 0.164. The van der Waals surface area contributed by atoms with Crippen molar-refractivity contribution in [2.45, 2.75) is 31.6 Å². The summed E-state index contributed by atoms with van der Waals surface area (Å²) in [4.78, 5) is 20.4. The number of fused-ring (bicyclic) bond motifs is 3. The van der Waals surface area contributed by atoms with Gasteiger partial charge in [-0.05, 0) is 43.9 Å². The second-order valence-electron chi connectivity index (χ2n) is 9.33. The van der Waals surface area contributed by atoms with Crippen LogP contribution in [-0.4, -0.2) is 54.2 Å². The molecule has 0 saturated heterocycles. The number of carboxylic acids is 1. The van der Waals surface area contributed by atoms with Gasteiger partial charge in [0.2, 0.25) is 0 Å². The molecule has 4 aromatic heterocycles. The summed E-state index contributed by atoms with van der Waals surface area (Å²) in [5.74, 6) is -0.612. The molecule has 4 heterocycles. The van der Waals surface area contributed by atoms with Gasteiger partial charge in [-0.2, -0.15) is 14.7 Å². The lowest BCUT2D eigenvalue weighted by Crippen LogP contribution is -2.39. The summed E-state index contributed by atoms with van der Waals surface area (Å²) in [5.41, 5.74) is 4.63. The number of hydrogen-bond donors (Lipinski definition) is 2. The molecule has 1 fully saturated rings. The van der Waals surface area contributed by atoms with Crippen LogP contribution in [0, 0.1) is 5.41 Å². The van der Waals surface area contributed by atoms with Gasteiger partial charge in [0.1, 0.15) is 5.65 Å². The van der Waals surface area contributed by atoms with E-state index in [1.807, 2.05) is 70.4 Å². The fourth-order valence-corrected chi connectivity index (χ4v) is 5.37. The molecule has 1 saturated carbocycles. The van der Waals surface area contributed by atoms with Crippen LogP contribution in [0.4, 0.5) is 0 Å². The molecule has 2 N–H and O–H groups in total. The van der Waals surface area contributed by atoms with Crippen LogP contribution in [0.2, 0.25) is 0 Å². The summed E-state index contributed by atoms with van der Waals surface area (Å²) in [5, 5.41) is 20.0. The Morgan fingerprint density at radius 3 is 2.71 bits per heavy atom. The highest BCUT2D eigenvalue weighted by Crippen LogP contribution is 2.45. The topological polar surface area (TPSA) is 110 Å². The fraction of sp³-hybridized carbons (Fsp3) is 0.308. The number of benzene rings is 1. The van der Waals surface area contributed by atoms with E-state index in [4.69, 9.17) is 9.72 Å². The summed E-state index contributed by atoms with van der Waals surface area (Å²) in [6.45, 7) is 0.235. The van der Waals surface area contributed by atoms with Gasteiger partial charge < -0.3 is 14.8 Å². The number of methoxy groups -OCH3 is 1. The minimum Gasteiger partial charge on any atom is -0.481 e. The summed E-state index contributed by atoms with van der Waals surface area (Å²) >= 11 is 0. The van der Waals surface area contributed by atoms with Crippen molar-refractivity contribution < 1.29 is 14.6 Å². The standard InChI is InChI=1S/C26H26N6O3/c1-35-16-26(25(33)34)10-7-17(8-11-26)22-20-9-12-27-23(20)32-24(30-22)21(14-29-32)18-13-28-31(15-18)19-5-3-2-4-6-19/h2-6,9,12-15,17,27H,7-8,10-11,16H2,1H3,(H,33,34). The highest BCUT2D eigenvalue weighted by molar-refractivity contribution is 5.86. The Balaban J connectivity index is 1.40. The molecule has 0 aliphatic heterocycles. The highest BCUT2D eigenvalue weighted by Gasteiger charge is 2.43. The molecule has 6 rings (SSSR count). The number of ether oxygens (including phenoxy) is 1. The number of aromatic amines is 1. The number of para-hydroxylation sites is 1. The van der Waals surface area contributed by atoms with Crippen molar-refractivity contribution in [1.29, 1.82) is 0 Å². The molecule has 178 valence electrons. The van der Waals surface area contributed by atoms with Gasteiger partial charge >= 0.3 is 5.97 Å². The highest BCUT2D eigenvalue weighted by atomic mass is 16.5. The Bertz CT molecular complexity index is 1510. The first-order valence-electron chi connectivity index (χ1n) is 11.8. The van der Waals surface area contributed by atoms with Gasteiger partial charge in [-0.3, -0.25) is 4.79 Å². The lowest BCUT2D eigenvalue weighted by Gasteiger charge is -2.36. The molecule has 0 amide bonds. The monoisotopic (exact) mass is 470 g/mol. The molecule has 1 aromatic carbocycles. The molecule has 35 heavy (non-hydrogen) atoms. The largest absolute Gasteiger partial charge is 0.481 e. The van der Waals surface area contributed by atoms with Gasteiger partial charge in [-0.15, -0.1) is 0 Å². The summed E-state index contributed by atoms with van der Waals surface area (Å²) in [7, 11) is 1.57. The number of aromatic nitrogens is 6. The van der Waals surface area contributed by atoms with Crippen molar-refractivity contribution in [3.8, 4) is 16.8 Å². The van der Waals surface area contributed by atoms with Crippen LogP contribution >= 0.6 is 0 Å². The number of carboxylic acid groups (broad SMARTS) is 1. The second-order valence-corrected chi connectivity index (χ2v) is 9.33. The molecule has 0 radical (unpaired) electrons. The summed E-state index contributed by atoms with van der Waals surface area (Å²) in [6.07, 6.45) is 10.2. The van der Waals surface area contributed by atoms with E-state index >= 15 is 0 Å². The van der Waals surface area contributed by atoms with Crippen LogP contribution < -0.4 is 0 Å². The van der Waals surface area contributed by atoms with Crippen molar-refractivity contribution in [2.75, 3.05) is 13.7 Å². The van der Waals surface area contributed by atoms with Crippen molar-refractivity contribution in [3.05, 3.63) is 66.9 Å². The number of hydrogen-bond acceptors (Lipinski definition) is 5. The van der Waals surface area contributed by atoms with Crippen LogP contribution in [0.3, 0.4) is 0 Å². The second kappa shape index (κ2) is 8.35. The summed E-state index contributed by atoms with van der Waals surface area (Å²) < 4.78 is 8.95. The molecular weight excluding hydrogens is 444 g/mol. The lowest BCUT2D eigenvalue weighted by molar-refractivity contribution is -0.155. The van der Waals surface area contributed by atoms with Crippen LogP contribution in [0.25, 0.3) is 33.5 Å².